The van der Waals surface area contributed by atoms with E-state index in [1.54, 1.807) is 12.1 Å². The number of rotatable bonds is 4. The highest BCUT2D eigenvalue weighted by molar-refractivity contribution is 5.70. The molecule has 22 heavy (non-hydrogen) atoms. The second-order valence-electron chi connectivity index (χ2n) is 4.91. The van der Waals surface area contributed by atoms with Gasteiger partial charge in [0.1, 0.15) is 17.2 Å². The Hall–Kier alpha value is -3.00. The van der Waals surface area contributed by atoms with Gasteiger partial charge in [-0.2, -0.15) is 0 Å². The molecule has 0 saturated carbocycles. The predicted octanol–water partition coefficient (Wildman–Crippen LogP) is 5.35. The highest BCUT2D eigenvalue weighted by atomic mass is 16.5. The molecule has 0 aromatic heterocycles. The van der Waals surface area contributed by atoms with Gasteiger partial charge < -0.3 is 9.84 Å². The largest absolute Gasteiger partial charge is 0.508 e. The SMILES string of the molecule is Oc1ccc(C=Cc2ccc(Oc3ccccc3)cc2)cc1. The number of phenolic OH excluding ortho intramolecular Hbond substituents is 1. The molecule has 2 heteroatoms. The van der Waals surface area contributed by atoms with E-state index < -0.39 is 0 Å². The molecule has 2 nitrogen and oxygen atoms in total. The predicted molar refractivity (Wildman–Crippen MR) is 90.0 cm³/mol. The van der Waals surface area contributed by atoms with Crippen molar-refractivity contribution in [3.05, 3.63) is 90.0 Å². The molecule has 0 bridgehead atoms. The summed E-state index contributed by atoms with van der Waals surface area (Å²) in [6.07, 6.45) is 4.03. The molecule has 0 spiro atoms. The first-order valence-electron chi connectivity index (χ1n) is 7.10. The van der Waals surface area contributed by atoms with Crippen molar-refractivity contribution in [3.63, 3.8) is 0 Å². The standard InChI is InChI=1S/C20H16O2/c21-18-12-8-16(9-13-18)6-7-17-10-14-20(15-11-17)22-19-4-2-1-3-5-19/h1-15,21H. The van der Waals surface area contributed by atoms with E-state index in [2.05, 4.69) is 0 Å². The number of para-hydroxylation sites is 1. The lowest BCUT2D eigenvalue weighted by atomic mass is 10.1. The zero-order valence-corrected chi connectivity index (χ0v) is 12.0. The quantitative estimate of drug-likeness (QED) is 0.655. The molecule has 0 amide bonds. The summed E-state index contributed by atoms with van der Waals surface area (Å²) < 4.78 is 5.76. The van der Waals surface area contributed by atoms with Crippen LogP contribution in [-0.2, 0) is 0 Å². The Morgan fingerprint density at radius 3 is 1.68 bits per heavy atom. The fourth-order valence-corrected chi connectivity index (χ4v) is 2.05. The van der Waals surface area contributed by atoms with E-state index in [0.717, 1.165) is 22.6 Å². The van der Waals surface area contributed by atoms with Crippen molar-refractivity contribution >= 4 is 12.2 Å². The fourth-order valence-electron chi connectivity index (χ4n) is 2.05. The number of ether oxygens (including phenoxy) is 1. The number of benzene rings is 3. The molecule has 3 aromatic rings. The molecule has 3 rings (SSSR count). The molecule has 0 unspecified atom stereocenters. The smallest absolute Gasteiger partial charge is 0.127 e. The second kappa shape index (κ2) is 6.64. The number of phenols is 1. The van der Waals surface area contributed by atoms with E-state index in [1.807, 2.05) is 78.9 Å². The third kappa shape index (κ3) is 3.76. The van der Waals surface area contributed by atoms with Crippen LogP contribution in [0, 0.1) is 0 Å². The van der Waals surface area contributed by atoms with Crippen LogP contribution in [0.2, 0.25) is 0 Å². The van der Waals surface area contributed by atoms with Crippen LogP contribution in [0.4, 0.5) is 0 Å². The van der Waals surface area contributed by atoms with E-state index in [0.29, 0.717) is 0 Å². The molecule has 0 radical (unpaired) electrons. The van der Waals surface area contributed by atoms with Gasteiger partial charge in [0.05, 0.1) is 0 Å². The topological polar surface area (TPSA) is 29.5 Å². The Morgan fingerprint density at radius 2 is 1.09 bits per heavy atom. The maximum Gasteiger partial charge on any atom is 0.127 e. The molecule has 0 aliphatic carbocycles. The lowest BCUT2D eigenvalue weighted by Crippen LogP contribution is -1.83. The number of hydrogen-bond acceptors (Lipinski definition) is 2. The van der Waals surface area contributed by atoms with E-state index in [-0.39, 0.29) is 5.75 Å². The summed E-state index contributed by atoms with van der Waals surface area (Å²) in [5.74, 6) is 1.92. The van der Waals surface area contributed by atoms with Crippen molar-refractivity contribution in [2.45, 2.75) is 0 Å². The third-order valence-corrected chi connectivity index (χ3v) is 3.22. The molecule has 0 atom stereocenters. The lowest BCUT2D eigenvalue weighted by Gasteiger charge is -2.05. The zero-order chi connectivity index (χ0) is 15.2. The number of aromatic hydroxyl groups is 1. The monoisotopic (exact) mass is 288 g/mol. The van der Waals surface area contributed by atoms with Crippen molar-refractivity contribution in [2.75, 3.05) is 0 Å². The summed E-state index contributed by atoms with van der Waals surface area (Å²) in [6, 6.07) is 24.7. The summed E-state index contributed by atoms with van der Waals surface area (Å²) in [5.41, 5.74) is 2.14. The van der Waals surface area contributed by atoms with Crippen LogP contribution in [0.3, 0.4) is 0 Å². The van der Waals surface area contributed by atoms with Crippen molar-refractivity contribution in [1.29, 1.82) is 0 Å². The fraction of sp³-hybridized carbons (Fsp3) is 0. The van der Waals surface area contributed by atoms with Gasteiger partial charge in [0.25, 0.3) is 0 Å². The maximum absolute atomic E-state index is 9.26. The van der Waals surface area contributed by atoms with Crippen LogP contribution in [0.5, 0.6) is 17.2 Å². The summed E-state index contributed by atoms with van der Waals surface area (Å²) in [4.78, 5) is 0. The van der Waals surface area contributed by atoms with E-state index in [9.17, 15) is 5.11 Å². The summed E-state index contributed by atoms with van der Waals surface area (Å²) in [6.45, 7) is 0. The van der Waals surface area contributed by atoms with E-state index in [1.165, 1.54) is 0 Å². The first kappa shape index (κ1) is 14.0. The van der Waals surface area contributed by atoms with Crippen LogP contribution < -0.4 is 4.74 Å². The summed E-state index contributed by atoms with van der Waals surface area (Å²) in [5, 5.41) is 9.26. The van der Waals surface area contributed by atoms with Crippen molar-refractivity contribution < 1.29 is 9.84 Å². The Labute approximate surface area is 129 Å². The van der Waals surface area contributed by atoms with Crippen LogP contribution in [0.25, 0.3) is 12.2 Å². The minimum absolute atomic E-state index is 0.277. The Morgan fingerprint density at radius 1 is 0.591 bits per heavy atom. The maximum atomic E-state index is 9.26. The van der Waals surface area contributed by atoms with Gasteiger partial charge in [0, 0.05) is 0 Å². The zero-order valence-electron chi connectivity index (χ0n) is 12.0. The van der Waals surface area contributed by atoms with Gasteiger partial charge in [0.2, 0.25) is 0 Å². The van der Waals surface area contributed by atoms with Gasteiger partial charge in [-0.15, -0.1) is 0 Å². The van der Waals surface area contributed by atoms with E-state index >= 15 is 0 Å². The van der Waals surface area contributed by atoms with Crippen molar-refractivity contribution in [1.82, 2.24) is 0 Å². The minimum atomic E-state index is 0.277. The van der Waals surface area contributed by atoms with Crippen LogP contribution in [0.1, 0.15) is 11.1 Å². The highest BCUT2D eigenvalue weighted by Crippen LogP contribution is 2.22. The summed E-state index contributed by atoms with van der Waals surface area (Å²) in [7, 11) is 0. The van der Waals surface area contributed by atoms with Gasteiger partial charge in [-0.25, -0.2) is 0 Å². The van der Waals surface area contributed by atoms with E-state index in [4.69, 9.17) is 4.74 Å². The van der Waals surface area contributed by atoms with Crippen molar-refractivity contribution in [3.8, 4) is 17.2 Å². The molecule has 0 aliphatic rings. The molecular formula is C20H16O2. The van der Waals surface area contributed by atoms with Gasteiger partial charge >= 0.3 is 0 Å². The Bertz CT molecular complexity index is 742. The first-order valence-corrected chi connectivity index (χ1v) is 7.10. The third-order valence-electron chi connectivity index (χ3n) is 3.22. The van der Waals surface area contributed by atoms with Crippen LogP contribution in [0.15, 0.2) is 78.9 Å². The minimum Gasteiger partial charge on any atom is -0.508 e. The average molecular weight is 288 g/mol. The molecule has 3 aromatic carbocycles. The first-order chi connectivity index (χ1) is 10.8. The van der Waals surface area contributed by atoms with Gasteiger partial charge in [-0.3, -0.25) is 0 Å². The van der Waals surface area contributed by atoms with Crippen LogP contribution in [-0.4, -0.2) is 5.11 Å². The Kier molecular flexibility index (Phi) is 4.21. The molecule has 0 fully saturated rings. The molecule has 108 valence electrons. The molecule has 0 aliphatic heterocycles. The number of hydrogen-bond donors (Lipinski definition) is 1. The highest BCUT2D eigenvalue weighted by Gasteiger charge is 1.96. The van der Waals surface area contributed by atoms with Gasteiger partial charge in [-0.1, -0.05) is 54.6 Å². The van der Waals surface area contributed by atoms with Gasteiger partial charge in [-0.05, 0) is 47.5 Å². The molecule has 0 heterocycles. The van der Waals surface area contributed by atoms with Gasteiger partial charge in [0.15, 0.2) is 0 Å². The average Bonchev–Trinajstić information content (AvgIpc) is 2.57. The second-order valence-corrected chi connectivity index (χ2v) is 4.91. The molecule has 1 N–H and O–H groups in total. The lowest BCUT2D eigenvalue weighted by molar-refractivity contribution is 0.475. The van der Waals surface area contributed by atoms with Crippen LogP contribution >= 0.6 is 0 Å². The normalized spacial score (nSPS) is 10.7. The molecule has 0 saturated heterocycles. The Balaban J connectivity index is 1.67. The summed E-state index contributed by atoms with van der Waals surface area (Å²) >= 11 is 0. The van der Waals surface area contributed by atoms with Crippen molar-refractivity contribution in [2.24, 2.45) is 0 Å². The molecular weight excluding hydrogens is 272 g/mol.